The van der Waals surface area contributed by atoms with Crippen molar-refractivity contribution in [2.24, 2.45) is 17.8 Å². The highest BCUT2D eigenvalue weighted by Gasteiger charge is 2.54. The first-order valence-electron chi connectivity index (χ1n) is 11.6. The monoisotopic (exact) mass is 469 g/mol. The number of carbonyl (C=O) groups is 1. The van der Waals surface area contributed by atoms with Crippen molar-refractivity contribution in [2.75, 3.05) is 5.32 Å². The Morgan fingerprint density at radius 1 is 0.912 bits per heavy atom. The number of benzene rings is 2. The number of anilines is 1. The zero-order chi connectivity index (χ0) is 23.6. The van der Waals surface area contributed by atoms with E-state index in [2.05, 4.69) is 5.32 Å². The minimum absolute atomic E-state index is 0.120. The average Bonchev–Trinajstić information content (AvgIpc) is 3.27. The van der Waals surface area contributed by atoms with Crippen LogP contribution in [0.5, 0.6) is 0 Å². The van der Waals surface area contributed by atoms with Crippen molar-refractivity contribution < 1.29 is 22.4 Å². The molecule has 176 valence electrons. The second kappa shape index (κ2) is 7.68. The zero-order valence-electron chi connectivity index (χ0n) is 18.3. The molecule has 0 unspecified atom stereocenters. The van der Waals surface area contributed by atoms with Crippen molar-refractivity contribution in [1.29, 1.82) is 0 Å². The van der Waals surface area contributed by atoms with E-state index in [1.807, 2.05) is 30.3 Å². The second-order valence-corrected chi connectivity index (χ2v) is 10.2. The Morgan fingerprint density at radius 3 is 2.03 bits per heavy atom. The average molecular weight is 469 g/mol. The second-order valence-electron chi connectivity index (χ2n) is 10.2. The van der Waals surface area contributed by atoms with Gasteiger partial charge in [-0.25, -0.2) is 22.2 Å². The molecular weight excluding hydrogens is 446 g/mol. The zero-order valence-corrected chi connectivity index (χ0v) is 18.3. The fourth-order valence-electron chi connectivity index (χ4n) is 6.91. The molecule has 4 bridgehead atoms. The number of hydrogen-bond donors (Lipinski definition) is 1. The molecule has 8 heteroatoms. The standard InChI is InChI=1S/C26H23F4N3O/c27-19-9-20(28)22(30)23(21(19)29)31-25(34)18-13-33(17-4-2-1-3-5-17)32-24(18)26-10-14-6-15(11-26)8-16(7-14)12-26/h1-5,9,13-16H,6-8,10-12H2,(H,31,34). The Kier molecular flexibility index (Phi) is 4.83. The van der Waals surface area contributed by atoms with Crippen LogP contribution in [0.4, 0.5) is 23.2 Å². The molecular formula is C26H23F4N3O. The molecule has 0 atom stereocenters. The maximum atomic E-state index is 14.3. The van der Waals surface area contributed by atoms with E-state index >= 15 is 0 Å². The van der Waals surface area contributed by atoms with Crippen LogP contribution in [0.1, 0.15) is 54.6 Å². The van der Waals surface area contributed by atoms with Gasteiger partial charge in [-0.3, -0.25) is 4.79 Å². The lowest BCUT2D eigenvalue weighted by atomic mass is 9.48. The molecule has 4 nitrogen and oxygen atoms in total. The predicted molar refractivity (Wildman–Crippen MR) is 118 cm³/mol. The summed E-state index contributed by atoms with van der Waals surface area (Å²) in [5.74, 6) is -5.52. The number of amides is 1. The summed E-state index contributed by atoms with van der Waals surface area (Å²) in [6.07, 6.45) is 7.88. The van der Waals surface area contributed by atoms with Crippen LogP contribution < -0.4 is 5.32 Å². The fraction of sp³-hybridized carbons (Fsp3) is 0.385. The minimum atomic E-state index is -1.64. The molecule has 4 fully saturated rings. The van der Waals surface area contributed by atoms with Gasteiger partial charge in [0.15, 0.2) is 23.3 Å². The van der Waals surface area contributed by atoms with Crippen LogP contribution in [0.25, 0.3) is 5.69 Å². The number of aromatic nitrogens is 2. The van der Waals surface area contributed by atoms with E-state index in [1.54, 1.807) is 10.9 Å². The summed E-state index contributed by atoms with van der Waals surface area (Å²) in [5, 5.41) is 6.92. The summed E-state index contributed by atoms with van der Waals surface area (Å²) in [6.45, 7) is 0. The van der Waals surface area contributed by atoms with E-state index in [-0.39, 0.29) is 17.0 Å². The van der Waals surface area contributed by atoms with Gasteiger partial charge < -0.3 is 5.32 Å². The molecule has 7 rings (SSSR count). The summed E-state index contributed by atoms with van der Waals surface area (Å²) in [6, 6.07) is 9.38. The van der Waals surface area contributed by atoms with Crippen LogP contribution in [0, 0.1) is 41.0 Å². The van der Waals surface area contributed by atoms with Crippen LogP contribution in [0.3, 0.4) is 0 Å². The van der Waals surface area contributed by atoms with Gasteiger partial charge in [-0.05, 0) is 68.4 Å². The van der Waals surface area contributed by atoms with Gasteiger partial charge in [0, 0.05) is 17.7 Å². The summed E-state index contributed by atoms with van der Waals surface area (Å²) in [4.78, 5) is 13.4. The maximum Gasteiger partial charge on any atom is 0.259 e. The third kappa shape index (κ3) is 3.34. The van der Waals surface area contributed by atoms with Crippen LogP contribution in [-0.2, 0) is 5.41 Å². The number of nitrogens with one attached hydrogen (secondary N) is 1. The van der Waals surface area contributed by atoms with E-state index in [0.717, 1.165) is 24.9 Å². The SMILES string of the molecule is O=C(Nc1c(F)c(F)cc(F)c1F)c1cn(-c2ccccc2)nc1C12CC3CC(CC(C3)C1)C2. The number of halogens is 4. The first kappa shape index (κ1) is 21.4. The molecule has 2 aromatic carbocycles. The van der Waals surface area contributed by atoms with Crippen LogP contribution in [-0.4, -0.2) is 15.7 Å². The molecule has 34 heavy (non-hydrogen) atoms. The number of hydrogen-bond acceptors (Lipinski definition) is 2. The predicted octanol–water partition coefficient (Wildman–Crippen LogP) is 6.15. The largest absolute Gasteiger partial charge is 0.317 e. The third-order valence-electron chi connectivity index (χ3n) is 7.87. The molecule has 4 aliphatic rings. The van der Waals surface area contributed by atoms with Crippen molar-refractivity contribution >= 4 is 11.6 Å². The Morgan fingerprint density at radius 2 is 1.47 bits per heavy atom. The van der Waals surface area contributed by atoms with E-state index < -0.39 is 34.9 Å². The minimum Gasteiger partial charge on any atom is -0.317 e. The summed E-state index contributed by atoms with van der Waals surface area (Å²) >= 11 is 0. The Bertz CT molecular complexity index is 1230. The van der Waals surface area contributed by atoms with E-state index in [1.165, 1.54) is 19.3 Å². The summed E-state index contributed by atoms with van der Waals surface area (Å²) in [7, 11) is 0. The van der Waals surface area contributed by atoms with Gasteiger partial charge in [0.25, 0.3) is 5.91 Å². The normalized spacial score (nSPS) is 27.2. The van der Waals surface area contributed by atoms with Gasteiger partial charge in [-0.2, -0.15) is 5.10 Å². The highest BCUT2D eigenvalue weighted by atomic mass is 19.2. The number of rotatable bonds is 4. The number of nitrogens with zero attached hydrogens (tertiary/aromatic N) is 2. The Hall–Kier alpha value is -3.16. The fourth-order valence-corrected chi connectivity index (χ4v) is 6.91. The molecule has 1 aromatic heterocycles. The van der Waals surface area contributed by atoms with Gasteiger partial charge in [-0.15, -0.1) is 0 Å². The molecule has 0 radical (unpaired) electrons. The van der Waals surface area contributed by atoms with Gasteiger partial charge in [0.2, 0.25) is 0 Å². The highest BCUT2D eigenvalue weighted by Crippen LogP contribution is 2.61. The van der Waals surface area contributed by atoms with Gasteiger partial charge in [-0.1, -0.05) is 18.2 Å². The van der Waals surface area contributed by atoms with Crippen molar-refractivity contribution in [2.45, 2.75) is 43.9 Å². The van der Waals surface area contributed by atoms with Crippen LogP contribution in [0.15, 0.2) is 42.6 Å². The molecule has 1 amide bonds. The lowest BCUT2D eigenvalue weighted by Gasteiger charge is -2.56. The smallest absolute Gasteiger partial charge is 0.259 e. The van der Waals surface area contributed by atoms with Crippen molar-refractivity contribution in [3.63, 3.8) is 0 Å². The van der Waals surface area contributed by atoms with E-state index in [9.17, 15) is 22.4 Å². The molecule has 1 heterocycles. The third-order valence-corrected chi connectivity index (χ3v) is 7.87. The van der Waals surface area contributed by atoms with Crippen molar-refractivity contribution in [3.05, 3.63) is 77.1 Å². The summed E-state index contributed by atoms with van der Waals surface area (Å²) in [5.41, 5.74) is 0.0965. The molecule has 1 N–H and O–H groups in total. The maximum absolute atomic E-state index is 14.3. The molecule has 0 aliphatic heterocycles. The molecule has 0 spiro atoms. The highest BCUT2D eigenvalue weighted by molar-refractivity contribution is 6.05. The van der Waals surface area contributed by atoms with Crippen LogP contribution in [0.2, 0.25) is 0 Å². The number of carbonyl (C=O) groups excluding carboxylic acids is 1. The van der Waals surface area contributed by atoms with E-state index in [0.29, 0.717) is 23.4 Å². The van der Waals surface area contributed by atoms with Gasteiger partial charge in [0.05, 0.1) is 16.9 Å². The topological polar surface area (TPSA) is 46.9 Å². The summed E-state index contributed by atoms with van der Waals surface area (Å²) < 4.78 is 57.6. The molecule has 4 saturated carbocycles. The first-order chi connectivity index (χ1) is 16.3. The Balaban J connectivity index is 1.45. The quantitative estimate of drug-likeness (QED) is 0.368. The molecule has 3 aromatic rings. The van der Waals surface area contributed by atoms with E-state index in [4.69, 9.17) is 5.10 Å². The molecule has 4 aliphatic carbocycles. The van der Waals surface area contributed by atoms with Crippen LogP contribution >= 0.6 is 0 Å². The van der Waals surface area contributed by atoms with Gasteiger partial charge >= 0.3 is 0 Å². The lowest BCUT2D eigenvalue weighted by Crippen LogP contribution is -2.49. The Labute approximate surface area is 194 Å². The van der Waals surface area contributed by atoms with Crippen molar-refractivity contribution in [3.8, 4) is 5.69 Å². The van der Waals surface area contributed by atoms with Gasteiger partial charge in [0.1, 0.15) is 5.69 Å². The molecule has 0 saturated heterocycles. The van der Waals surface area contributed by atoms with Crippen molar-refractivity contribution in [1.82, 2.24) is 9.78 Å². The first-order valence-corrected chi connectivity index (χ1v) is 11.6. The lowest BCUT2D eigenvalue weighted by molar-refractivity contribution is -0.00765. The number of para-hydroxylation sites is 1.